The van der Waals surface area contributed by atoms with Crippen LogP contribution in [0.5, 0.6) is 0 Å². The highest BCUT2D eigenvalue weighted by molar-refractivity contribution is 6.04. The van der Waals surface area contributed by atoms with E-state index < -0.39 is 0 Å². The van der Waals surface area contributed by atoms with Gasteiger partial charge in [0.1, 0.15) is 11.3 Å². The van der Waals surface area contributed by atoms with Crippen LogP contribution in [0.15, 0.2) is 95.5 Å². The molecule has 35 heavy (non-hydrogen) atoms. The molecule has 0 atom stereocenters. The molecule has 0 aliphatic heterocycles. The Morgan fingerprint density at radius 3 is 2.00 bits per heavy atom. The fourth-order valence-corrected chi connectivity index (χ4v) is 4.35. The van der Waals surface area contributed by atoms with Crippen molar-refractivity contribution in [2.75, 3.05) is 5.73 Å². The van der Waals surface area contributed by atoms with Crippen LogP contribution in [0.3, 0.4) is 0 Å². The molecular formula is C28H25N5O2. The Morgan fingerprint density at radius 1 is 0.886 bits per heavy atom. The molecule has 7 nitrogen and oxygen atoms in total. The minimum absolute atomic E-state index is 0.0383. The van der Waals surface area contributed by atoms with Gasteiger partial charge in [0.25, 0.3) is 5.91 Å². The summed E-state index contributed by atoms with van der Waals surface area (Å²) in [5.74, 6) is -0.411. The van der Waals surface area contributed by atoms with Crippen molar-refractivity contribution in [3.05, 3.63) is 119 Å². The third kappa shape index (κ3) is 4.19. The fraction of sp³-hybridized carbons (Fsp3) is 0.107. The lowest BCUT2D eigenvalue weighted by molar-refractivity contribution is 0.0944. The normalized spacial score (nSPS) is 11.1. The van der Waals surface area contributed by atoms with E-state index in [2.05, 4.69) is 15.6 Å². The van der Waals surface area contributed by atoms with Gasteiger partial charge in [-0.1, -0.05) is 84.0 Å². The van der Waals surface area contributed by atoms with Crippen molar-refractivity contribution in [2.45, 2.75) is 19.9 Å². The predicted octanol–water partition coefficient (Wildman–Crippen LogP) is 5.25. The predicted molar refractivity (Wildman–Crippen MR) is 135 cm³/mol. The van der Waals surface area contributed by atoms with Crippen LogP contribution in [0.1, 0.15) is 38.9 Å². The van der Waals surface area contributed by atoms with Crippen LogP contribution in [0.2, 0.25) is 0 Å². The summed E-state index contributed by atoms with van der Waals surface area (Å²) in [4.78, 5) is 13.7. The van der Waals surface area contributed by atoms with E-state index >= 15 is 0 Å². The Morgan fingerprint density at radius 2 is 1.43 bits per heavy atom. The molecular weight excluding hydrogens is 438 g/mol. The number of aromatic nitrogens is 3. The second kappa shape index (κ2) is 9.30. The van der Waals surface area contributed by atoms with Crippen LogP contribution < -0.4 is 11.1 Å². The number of rotatable bonds is 6. The molecule has 2 heterocycles. The molecule has 3 N–H and O–H groups in total. The van der Waals surface area contributed by atoms with E-state index in [1.807, 2.05) is 110 Å². The van der Waals surface area contributed by atoms with E-state index in [9.17, 15) is 4.79 Å². The monoisotopic (exact) mass is 463 g/mol. The van der Waals surface area contributed by atoms with Crippen molar-refractivity contribution in [3.63, 3.8) is 0 Å². The van der Waals surface area contributed by atoms with Crippen LogP contribution >= 0.6 is 0 Å². The van der Waals surface area contributed by atoms with Gasteiger partial charge in [0.2, 0.25) is 5.88 Å². The van der Waals surface area contributed by atoms with Gasteiger partial charge in [-0.05, 0) is 37.1 Å². The molecule has 0 saturated carbocycles. The number of nitrogen functional groups attached to an aromatic ring is 1. The number of hydrogen-bond donors (Lipinski definition) is 2. The van der Waals surface area contributed by atoms with Gasteiger partial charge in [0.05, 0.1) is 23.1 Å². The molecule has 5 rings (SSSR count). The third-order valence-electron chi connectivity index (χ3n) is 6.02. The lowest BCUT2D eigenvalue weighted by Gasteiger charge is -2.20. The second-order valence-electron chi connectivity index (χ2n) is 8.29. The van der Waals surface area contributed by atoms with Gasteiger partial charge in [-0.3, -0.25) is 4.79 Å². The van der Waals surface area contributed by atoms with Crippen molar-refractivity contribution < 1.29 is 9.32 Å². The fourth-order valence-electron chi connectivity index (χ4n) is 4.35. The Balaban J connectivity index is 1.55. The average molecular weight is 464 g/mol. The molecule has 0 fully saturated rings. The molecule has 0 saturated heterocycles. The zero-order chi connectivity index (χ0) is 24.4. The van der Waals surface area contributed by atoms with E-state index in [4.69, 9.17) is 10.3 Å². The van der Waals surface area contributed by atoms with Crippen molar-refractivity contribution in [1.29, 1.82) is 0 Å². The molecule has 0 radical (unpaired) electrons. The molecule has 0 spiro atoms. The number of nitrogens with zero attached hydrogens (tertiary/aromatic N) is 3. The minimum Gasteiger partial charge on any atom is -0.367 e. The third-order valence-corrected chi connectivity index (χ3v) is 6.02. The maximum Gasteiger partial charge on any atom is 0.259 e. The van der Waals surface area contributed by atoms with E-state index in [0.717, 1.165) is 33.8 Å². The SMILES string of the molecule is Cc1nn(-c2ccccc2)c(C)c1-c1noc(N)c1C(=O)NC(c1ccccc1)c1ccccc1. The van der Waals surface area contributed by atoms with Crippen LogP contribution in [0.25, 0.3) is 16.9 Å². The molecule has 0 bridgehead atoms. The van der Waals surface area contributed by atoms with Gasteiger partial charge in [-0.15, -0.1) is 0 Å². The van der Waals surface area contributed by atoms with Crippen LogP contribution in [-0.2, 0) is 0 Å². The molecule has 0 aliphatic rings. The van der Waals surface area contributed by atoms with Crippen molar-refractivity contribution >= 4 is 11.8 Å². The summed E-state index contributed by atoms with van der Waals surface area (Å²) in [6.45, 7) is 3.82. The van der Waals surface area contributed by atoms with Crippen LogP contribution in [0.4, 0.5) is 5.88 Å². The Bertz CT molecular complexity index is 1420. The number of para-hydroxylation sites is 1. The molecule has 0 unspecified atom stereocenters. The molecule has 5 aromatic rings. The number of aryl methyl sites for hydroxylation is 1. The first kappa shape index (κ1) is 22.2. The highest BCUT2D eigenvalue weighted by Crippen LogP contribution is 2.34. The van der Waals surface area contributed by atoms with Crippen LogP contribution in [-0.4, -0.2) is 20.8 Å². The smallest absolute Gasteiger partial charge is 0.259 e. The molecule has 3 aromatic carbocycles. The largest absolute Gasteiger partial charge is 0.367 e. The summed E-state index contributed by atoms with van der Waals surface area (Å²) in [5, 5.41) is 12.0. The topological polar surface area (TPSA) is 99.0 Å². The minimum atomic E-state index is -0.374. The Labute approximate surface area is 203 Å². The van der Waals surface area contributed by atoms with Gasteiger partial charge in [-0.25, -0.2) is 4.68 Å². The van der Waals surface area contributed by atoms with Gasteiger partial charge in [-0.2, -0.15) is 5.10 Å². The summed E-state index contributed by atoms with van der Waals surface area (Å²) in [6.07, 6.45) is 0. The number of hydrogen-bond acceptors (Lipinski definition) is 5. The van der Waals surface area contributed by atoms with E-state index in [-0.39, 0.29) is 23.4 Å². The zero-order valence-electron chi connectivity index (χ0n) is 19.5. The zero-order valence-corrected chi connectivity index (χ0v) is 19.5. The van der Waals surface area contributed by atoms with E-state index in [0.29, 0.717) is 5.69 Å². The maximum absolute atomic E-state index is 13.7. The number of nitrogens with one attached hydrogen (secondary N) is 1. The number of carbonyl (C=O) groups is 1. The van der Waals surface area contributed by atoms with Crippen molar-refractivity contribution in [2.24, 2.45) is 0 Å². The van der Waals surface area contributed by atoms with E-state index in [1.165, 1.54) is 0 Å². The number of anilines is 1. The molecule has 1 amide bonds. The first-order valence-electron chi connectivity index (χ1n) is 11.3. The lowest BCUT2D eigenvalue weighted by Crippen LogP contribution is -2.30. The lowest BCUT2D eigenvalue weighted by atomic mass is 9.98. The molecule has 174 valence electrons. The number of amides is 1. The molecule has 7 heteroatoms. The Hall–Kier alpha value is -4.65. The highest BCUT2D eigenvalue weighted by atomic mass is 16.5. The highest BCUT2D eigenvalue weighted by Gasteiger charge is 2.29. The van der Waals surface area contributed by atoms with Crippen molar-refractivity contribution in [1.82, 2.24) is 20.3 Å². The van der Waals surface area contributed by atoms with Crippen molar-refractivity contribution in [3.8, 4) is 16.9 Å². The summed E-state index contributed by atoms with van der Waals surface area (Å²) in [7, 11) is 0. The van der Waals surface area contributed by atoms with Gasteiger partial charge >= 0.3 is 0 Å². The first-order chi connectivity index (χ1) is 17.0. The summed E-state index contributed by atoms with van der Waals surface area (Å²) in [5.41, 5.74) is 11.8. The van der Waals surface area contributed by atoms with E-state index in [1.54, 1.807) is 0 Å². The maximum atomic E-state index is 13.7. The summed E-state index contributed by atoms with van der Waals surface area (Å²) in [6, 6.07) is 29.0. The number of nitrogens with two attached hydrogens (primary N) is 1. The van der Waals surface area contributed by atoms with Gasteiger partial charge in [0.15, 0.2) is 0 Å². The second-order valence-corrected chi connectivity index (χ2v) is 8.29. The standard InChI is InChI=1S/C28H25N5O2/c1-18-23(19(2)33(31-18)22-16-10-5-11-17-22)26-24(27(29)35-32-26)28(34)30-25(20-12-6-3-7-13-20)21-14-8-4-9-15-21/h3-17,25H,29H2,1-2H3,(H,30,34). The first-order valence-corrected chi connectivity index (χ1v) is 11.3. The Kier molecular flexibility index (Phi) is 5.89. The number of carbonyl (C=O) groups excluding carboxylic acids is 1. The van der Waals surface area contributed by atoms with Crippen LogP contribution in [0, 0.1) is 13.8 Å². The van der Waals surface area contributed by atoms with Gasteiger partial charge in [0, 0.05) is 5.56 Å². The summed E-state index contributed by atoms with van der Waals surface area (Å²) >= 11 is 0. The quantitative estimate of drug-likeness (QED) is 0.359. The average Bonchev–Trinajstić information content (AvgIpc) is 3.41. The summed E-state index contributed by atoms with van der Waals surface area (Å²) < 4.78 is 7.15. The molecule has 0 aliphatic carbocycles. The molecule has 2 aromatic heterocycles. The van der Waals surface area contributed by atoms with Gasteiger partial charge < -0.3 is 15.6 Å². The number of benzene rings is 3.